The second-order valence-electron chi connectivity index (χ2n) is 6.00. The van der Waals surface area contributed by atoms with Gasteiger partial charge < -0.3 is 10.1 Å². The molecule has 0 saturated carbocycles. The molecule has 1 amide bonds. The second kappa shape index (κ2) is 10.1. The quantitative estimate of drug-likeness (QED) is 0.588. The van der Waals surface area contributed by atoms with E-state index in [9.17, 15) is 4.79 Å². The summed E-state index contributed by atoms with van der Waals surface area (Å²) in [5.74, 6) is 2.10. The first-order valence-corrected chi connectivity index (χ1v) is 10.3. The van der Waals surface area contributed by atoms with E-state index < -0.39 is 6.10 Å². The molecular weight excluding hydrogens is 389 g/mol. The summed E-state index contributed by atoms with van der Waals surface area (Å²) in [6.45, 7) is 6.33. The number of halogens is 2. The van der Waals surface area contributed by atoms with Crippen LogP contribution in [-0.2, 0) is 10.5 Å². The lowest BCUT2D eigenvalue weighted by Gasteiger charge is -2.17. The lowest BCUT2D eigenvalue weighted by Crippen LogP contribution is -2.37. The molecule has 6 heteroatoms. The van der Waals surface area contributed by atoms with Crippen molar-refractivity contribution in [1.82, 2.24) is 5.32 Å². The highest BCUT2D eigenvalue weighted by atomic mass is 35.5. The summed E-state index contributed by atoms with van der Waals surface area (Å²) in [4.78, 5) is 12.2. The molecule has 0 aliphatic carbocycles. The Bertz CT molecular complexity index is 747. The monoisotopic (exact) mass is 411 g/mol. The van der Waals surface area contributed by atoms with Crippen molar-refractivity contribution in [3.63, 3.8) is 0 Å². The first-order valence-electron chi connectivity index (χ1n) is 8.41. The molecule has 0 heterocycles. The number of benzene rings is 2. The van der Waals surface area contributed by atoms with Crippen LogP contribution in [0.2, 0.25) is 10.0 Å². The maximum Gasteiger partial charge on any atom is 0.260 e. The molecule has 0 aliphatic heterocycles. The number of hydrogen-bond donors (Lipinski definition) is 1. The minimum Gasteiger partial charge on any atom is -0.481 e. The van der Waals surface area contributed by atoms with E-state index >= 15 is 0 Å². The lowest BCUT2D eigenvalue weighted by atomic mass is 10.1. The van der Waals surface area contributed by atoms with Gasteiger partial charge in [0.05, 0.1) is 0 Å². The van der Waals surface area contributed by atoms with Gasteiger partial charge >= 0.3 is 0 Å². The SMILES string of the molecule is Cc1cccc(O[C@@H](C)C(=O)NCCSCc2c(Cl)cccc2Cl)c1C. The van der Waals surface area contributed by atoms with Gasteiger partial charge in [0.15, 0.2) is 6.10 Å². The van der Waals surface area contributed by atoms with Crippen LogP contribution in [0.3, 0.4) is 0 Å². The van der Waals surface area contributed by atoms with Crippen LogP contribution < -0.4 is 10.1 Å². The van der Waals surface area contributed by atoms with Gasteiger partial charge in [-0.1, -0.05) is 41.4 Å². The second-order valence-corrected chi connectivity index (χ2v) is 7.92. The molecule has 1 N–H and O–H groups in total. The molecule has 0 spiro atoms. The average molecular weight is 412 g/mol. The molecule has 0 aromatic heterocycles. The number of nitrogens with one attached hydrogen (secondary N) is 1. The zero-order chi connectivity index (χ0) is 19.1. The zero-order valence-electron chi connectivity index (χ0n) is 15.1. The van der Waals surface area contributed by atoms with Crippen LogP contribution in [-0.4, -0.2) is 24.3 Å². The van der Waals surface area contributed by atoms with Crippen molar-refractivity contribution in [2.75, 3.05) is 12.3 Å². The largest absolute Gasteiger partial charge is 0.481 e. The van der Waals surface area contributed by atoms with E-state index in [1.54, 1.807) is 18.7 Å². The number of hydrogen-bond acceptors (Lipinski definition) is 3. The van der Waals surface area contributed by atoms with Gasteiger partial charge in [0.2, 0.25) is 0 Å². The van der Waals surface area contributed by atoms with Crippen molar-refractivity contribution in [2.24, 2.45) is 0 Å². The fourth-order valence-electron chi connectivity index (χ4n) is 2.33. The maximum absolute atomic E-state index is 12.2. The molecule has 2 aromatic carbocycles. The van der Waals surface area contributed by atoms with Crippen molar-refractivity contribution < 1.29 is 9.53 Å². The van der Waals surface area contributed by atoms with Gasteiger partial charge in [-0.05, 0) is 55.7 Å². The van der Waals surface area contributed by atoms with Crippen molar-refractivity contribution in [3.8, 4) is 5.75 Å². The fourth-order valence-corrected chi connectivity index (χ4v) is 3.93. The van der Waals surface area contributed by atoms with Crippen molar-refractivity contribution >= 4 is 40.9 Å². The molecule has 0 saturated heterocycles. The average Bonchev–Trinajstić information content (AvgIpc) is 2.60. The van der Waals surface area contributed by atoms with Crippen LogP contribution in [0, 0.1) is 13.8 Å². The Morgan fingerprint density at radius 2 is 1.81 bits per heavy atom. The molecule has 0 aliphatic rings. The zero-order valence-corrected chi connectivity index (χ0v) is 17.5. The van der Waals surface area contributed by atoms with Crippen molar-refractivity contribution in [3.05, 3.63) is 63.1 Å². The summed E-state index contributed by atoms with van der Waals surface area (Å²) in [5.41, 5.74) is 3.13. The third-order valence-electron chi connectivity index (χ3n) is 4.08. The normalized spacial score (nSPS) is 11.9. The summed E-state index contributed by atoms with van der Waals surface area (Å²) >= 11 is 14.0. The predicted molar refractivity (Wildman–Crippen MR) is 112 cm³/mol. The van der Waals surface area contributed by atoms with Crippen molar-refractivity contribution in [1.29, 1.82) is 0 Å². The minimum atomic E-state index is -0.543. The Morgan fingerprint density at radius 3 is 2.50 bits per heavy atom. The third kappa shape index (κ3) is 5.83. The fraction of sp³-hybridized carbons (Fsp3) is 0.350. The molecule has 140 valence electrons. The van der Waals surface area contributed by atoms with Crippen LogP contribution in [0.1, 0.15) is 23.6 Å². The summed E-state index contributed by atoms with van der Waals surface area (Å²) in [6, 6.07) is 11.3. The number of carbonyl (C=O) groups excluding carboxylic acids is 1. The number of aryl methyl sites for hydroxylation is 1. The summed E-state index contributed by atoms with van der Waals surface area (Å²) in [6.07, 6.45) is -0.543. The number of amides is 1. The smallest absolute Gasteiger partial charge is 0.260 e. The van der Waals surface area contributed by atoms with E-state index in [1.165, 1.54) is 0 Å². The number of rotatable bonds is 8. The van der Waals surface area contributed by atoms with Gasteiger partial charge in [-0.3, -0.25) is 4.79 Å². The number of ether oxygens (including phenoxy) is 1. The molecular formula is C20H23Cl2NO2S. The topological polar surface area (TPSA) is 38.3 Å². The van der Waals surface area contributed by atoms with Crippen LogP contribution in [0.5, 0.6) is 5.75 Å². The van der Waals surface area contributed by atoms with E-state index in [4.69, 9.17) is 27.9 Å². The van der Waals surface area contributed by atoms with Crippen LogP contribution in [0.15, 0.2) is 36.4 Å². The Balaban J connectivity index is 1.74. The Hall–Kier alpha value is -1.36. The van der Waals surface area contributed by atoms with Gasteiger partial charge in [-0.15, -0.1) is 0 Å². The summed E-state index contributed by atoms with van der Waals surface area (Å²) in [7, 11) is 0. The summed E-state index contributed by atoms with van der Waals surface area (Å²) < 4.78 is 5.79. The third-order valence-corrected chi connectivity index (χ3v) is 5.78. The van der Waals surface area contributed by atoms with Crippen LogP contribution in [0.4, 0.5) is 0 Å². The van der Waals surface area contributed by atoms with Gasteiger partial charge in [0, 0.05) is 28.1 Å². The molecule has 0 fully saturated rings. The predicted octanol–water partition coefficient (Wildman–Crippen LogP) is 5.43. The van der Waals surface area contributed by atoms with Crippen LogP contribution in [0.25, 0.3) is 0 Å². The Kier molecular flexibility index (Phi) is 8.14. The Morgan fingerprint density at radius 1 is 1.15 bits per heavy atom. The van der Waals surface area contributed by atoms with E-state index in [0.717, 1.165) is 28.2 Å². The molecule has 0 radical (unpaired) electrons. The van der Waals surface area contributed by atoms with E-state index in [1.807, 2.05) is 50.2 Å². The number of carbonyl (C=O) groups is 1. The lowest BCUT2D eigenvalue weighted by molar-refractivity contribution is -0.127. The maximum atomic E-state index is 12.2. The van der Waals surface area contributed by atoms with Gasteiger partial charge in [0.1, 0.15) is 5.75 Å². The van der Waals surface area contributed by atoms with Gasteiger partial charge in [-0.2, -0.15) is 11.8 Å². The molecule has 2 aromatic rings. The van der Waals surface area contributed by atoms with Crippen molar-refractivity contribution in [2.45, 2.75) is 32.6 Å². The highest BCUT2D eigenvalue weighted by Gasteiger charge is 2.15. The highest BCUT2D eigenvalue weighted by Crippen LogP contribution is 2.28. The minimum absolute atomic E-state index is 0.123. The first kappa shape index (κ1) is 20.9. The standard InChI is InChI=1S/C20H23Cl2NO2S/c1-13-6-4-9-19(14(13)2)25-15(3)20(24)23-10-11-26-12-16-17(21)7-5-8-18(16)22/h4-9,15H,10-12H2,1-3H3,(H,23,24)/t15-/m0/s1. The molecule has 0 bridgehead atoms. The molecule has 26 heavy (non-hydrogen) atoms. The molecule has 3 nitrogen and oxygen atoms in total. The van der Waals surface area contributed by atoms with E-state index in [0.29, 0.717) is 22.3 Å². The Labute approximate surface area is 169 Å². The first-order chi connectivity index (χ1) is 12.4. The highest BCUT2D eigenvalue weighted by molar-refractivity contribution is 7.98. The van der Waals surface area contributed by atoms with Gasteiger partial charge in [0.25, 0.3) is 5.91 Å². The van der Waals surface area contributed by atoms with E-state index in [-0.39, 0.29) is 5.91 Å². The molecule has 1 atom stereocenters. The van der Waals surface area contributed by atoms with Gasteiger partial charge in [-0.25, -0.2) is 0 Å². The number of thioether (sulfide) groups is 1. The van der Waals surface area contributed by atoms with E-state index in [2.05, 4.69) is 5.32 Å². The summed E-state index contributed by atoms with van der Waals surface area (Å²) in [5, 5.41) is 4.24. The molecule has 2 rings (SSSR count). The molecule has 0 unspecified atom stereocenters. The van der Waals surface area contributed by atoms with Crippen LogP contribution >= 0.6 is 35.0 Å².